The van der Waals surface area contributed by atoms with Crippen molar-refractivity contribution in [3.8, 4) is 0 Å². The Morgan fingerprint density at radius 1 is 1.57 bits per heavy atom. The molecule has 1 fully saturated rings. The Hall–Kier alpha value is -0.260. The van der Waals surface area contributed by atoms with E-state index in [1.165, 1.54) is 0 Å². The maximum Gasteiger partial charge on any atom is 0.282 e. The van der Waals surface area contributed by atoms with Crippen LogP contribution < -0.4 is 5.32 Å². The van der Waals surface area contributed by atoms with Gasteiger partial charge in [-0.15, -0.1) is 0 Å². The number of rotatable bonds is 4. The van der Waals surface area contributed by atoms with Crippen molar-refractivity contribution in [2.75, 3.05) is 19.8 Å². The fourth-order valence-electron chi connectivity index (χ4n) is 1.53. The highest BCUT2D eigenvalue weighted by Crippen LogP contribution is 2.15. The van der Waals surface area contributed by atoms with Crippen LogP contribution in [0.5, 0.6) is 0 Å². The fraction of sp³-hybridized carbons (Fsp3) is 1.00. The first kappa shape index (κ1) is 11.8. The van der Waals surface area contributed by atoms with Crippen molar-refractivity contribution in [3.63, 3.8) is 0 Å². The summed E-state index contributed by atoms with van der Waals surface area (Å²) in [7, 11) is 0. The van der Waals surface area contributed by atoms with Crippen LogP contribution in [0.2, 0.25) is 0 Å². The van der Waals surface area contributed by atoms with Gasteiger partial charge in [-0.1, -0.05) is 0 Å². The largest absolute Gasteiger partial charge is 0.390 e. The van der Waals surface area contributed by atoms with Crippen LogP contribution in [0.4, 0.5) is 8.78 Å². The molecule has 0 spiro atoms. The van der Waals surface area contributed by atoms with E-state index in [0.29, 0.717) is 6.61 Å². The molecule has 1 aliphatic heterocycles. The Morgan fingerprint density at radius 3 is 2.86 bits per heavy atom. The summed E-state index contributed by atoms with van der Waals surface area (Å²) < 4.78 is 30.6. The van der Waals surface area contributed by atoms with Crippen molar-refractivity contribution in [2.24, 2.45) is 0 Å². The lowest BCUT2D eigenvalue weighted by Crippen LogP contribution is -2.44. The molecule has 0 aromatic carbocycles. The van der Waals surface area contributed by atoms with Gasteiger partial charge in [0.15, 0.2) is 0 Å². The van der Waals surface area contributed by atoms with E-state index in [1.54, 1.807) is 0 Å². The van der Waals surface area contributed by atoms with E-state index >= 15 is 0 Å². The standard InChI is InChI=1S/C9H17F2NO2/c1-7-4-8(2-3-14-7)12-5-9(10,11)6-13/h7-8,12-13H,2-6H2,1H3. The molecule has 2 N–H and O–H groups in total. The summed E-state index contributed by atoms with van der Waals surface area (Å²) >= 11 is 0. The molecule has 0 aromatic heterocycles. The van der Waals surface area contributed by atoms with E-state index in [2.05, 4.69) is 5.32 Å². The van der Waals surface area contributed by atoms with Gasteiger partial charge in [-0.2, -0.15) is 0 Å². The predicted octanol–water partition coefficient (Wildman–Crippen LogP) is 0.771. The van der Waals surface area contributed by atoms with Crippen LogP contribution in [0.25, 0.3) is 0 Å². The van der Waals surface area contributed by atoms with E-state index in [-0.39, 0.29) is 12.1 Å². The number of aliphatic hydroxyl groups excluding tert-OH is 1. The summed E-state index contributed by atoms with van der Waals surface area (Å²) in [5.41, 5.74) is 0. The fourth-order valence-corrected chi connectivity index (χ4v) is 1.53. The number of nitrogens with one attached hydrogen (secondary N) is 1. The lowest BCUT2D eigenvalue weighted by molar-refractivity contribution is -0.0548. The quantitative estimate of drug-likeness (QED) is 0.718. The topological polar surface area (TPSA) is 41.5 Å². The van der Waals surface area contributed by atoms with Gasteiger partial charge >= 0.3 is 0 Å². The summed E-state index contributed by atoms with van der Waals surface area (Å²) in [6, 6.07) is 0.0798. The molecule has 5 heteroatoms. The minimum atomic E-state index is -3.01. The second-order valence-electron chi connectivity index (χ2n) is 3.80. The van der Waals surface area contributed by atoms with Gasteiger partial charge in [0, 0.05) is 12.6 Å². The molecule has 0 saturated carbocycles. The van der Waals surface area contributed by atoms with E-state index < -0.39 is 19.1 Å². The van der Waals surface area contributed by atoms with Gasteiger partial charge in [0.05, 0.1) is 12.6 Å². The van der Waals surface area contributed by atoms with Crippen molar-refractivity contribution in [1.29, 1.82) is 0 Å². The molecule has 1 heterocycles. The third-order valence-corrected chi connectivity index (χ3v) is 2.37. The van der Waals surface area contributed by atoms with Gasteiger partial charge < -0.3 is 15.2 Å². The first-order chi connectivity index (χ1) is 6.53. The third kappa shape index (κ3) is 3.86. The molecule has 0 amide bonds. The molecule has 14 heavy (non-hydrogen) atoms. The number of hydrogen-bond donors (Lipinski definition) is 2. The molecule has 0 aromatic rings. The first-order valence-corrected chi connectivity index (χ1v) is 4.87. The second-order valence-corrected chi connectivity index (χ2v) is 3.80. The maximum absolute atomic E-state index is 12.7. The van der Waals surface area contributed by atoms with Gasteiger partial charge in [-0.3, -0.25) is 0 Å². The SMILES string of the molecule is CC1CC(NCC(F)(F)CO)CCO1. The second kappa shape index (κ2) is 5.00. The lowest BCUT2D eigenvalue weighted by Gasteiger charge is -2.29. The molecule has 2 unspecified atom stereocenters. The van der Waals surface area contributed by atoms with Gasteiger partial charge in [-0.05, 0) is 19.8 Å². The predicted molar refractivity (Wildman–Crippen MR) is 48.5 cm³/mol. The highest BCUT2D eigenvalue weighted by Gasteiger charge is 2.29. The Kier molecular flexibility index (Phi) is 4.22. The minimum absolute atomic E-state index is 0.0798. The molecular formula is C9H17F2NO2. The average Bonchev–Trinajstić information content (AvgIpc) is 2.15. The number of alkyl halides is 2. The van der Waals surface area contributed by atoms with Crippen molar-refractivity contribution < 1.29 is 18.6 Å². The highest BCUT2D eigenvalue weighted by molar-refractivity contribution is 4.78. The van der Waals surface area contributed by atoms with Gasteiger partial charge in [0.2, 0.25) is 0 Å². The summed E-state index contributed by atoms with van der Waals surface area (Å²) in [6.45, 7) is 0.987. The van der Waals surface area contributed by atoms with Crippen LogP contribution in [0.1, 0.15) is 19.8 Å². The van der Waals surface area contributed by atoms with Gasteiger partial charge in [-0.25, -0.2) is 8.78 Å². The summed E-state index contributed by atoms with van der Waals surface area (Å²) in [5.74, 6) is -3.01. The molecule has 2 atom stereocenters. The lowest BCUT2D eigenvalue weighted by atomic mass is 10.0. The molecular weight excluding hydrogens is 192 g/mol. The van der Waals surface area contributed by atoms with E-state index in [4.69, 9.17) is 9.84 Å². The van der Waals surface area contributed by atoms with Crippen molar-refractivity contribution >= 4 is 0 Å². The zero-order chi connectivity index (χ0) is 10.6. The minimum Gasteiger partial charge on any atom is -0.390 e. The Bertz CT molecular complexity index is 178. The monoisotopic (exact) mass is 209 g/mol. The van der Waals surface area contributed by atoms with Crippen molar-refractivity contribution in [1.82, 2.24) is 5.32 Å². The highest BCUT2D eigenvalue weighted by atomic mass is 19.3. The zero-order valence-corrected chi connectivity index (χ0v) is 8.30. The molecule has 3 nitrogen and oxygen atoms in total. The van der Waals surface area contributed by atoms with Gasteiger partial charge in [0.25, 0.3) is 5.92 Å². The summed E-state index contributed by atoms with van der Waals surface area (Å²) in [6.07, 6.45) is 1.64. The van der Waals surface area contributed by atoms with Crippen molar-refractivity contribution in [3.05, 3.63) is 0 Å². The maximum atomic E-state index is 12.7. The summed E-state index contributed by atoms with van der Waals surface area (Å²) in [5, 5.41) is 11.1. The van der Waals surface area contributed by atoms with Crippen LogP contribution in [0.15, 0.2) is 0 Å². The zero-order valence-electron chi connectivity index (χ0n) is 8.30. The van der Waals surface area contributed by atoms with Crippen LogP contribution in [0.3, 0.4) is 0 Å². The van der Waals surface area contributed by atoms with Crippen LogP contribution in [-0.2, 0) is 4.74 Å². The van der Waals surface area contributed by atoms with Crippen LogP contribution in [0, 0.1) is 0 Å². The number of aliphatic hydroxyl groups is 1. The van der Waals surface area contributed by atoms with Crippen LogP contribution in [-0.4, -0.2) is 42.9 Å². The normalized spacial score (nSPS) is 29.1. The molecule has 1 rings (SSSR count). The van der Waals surface area contributed by atoms with E-state index in [0.717, 1.165) is 12.8 Å². The molecule has 0 bridgehead atoms. The molecule has 1 saturated heterocycles. The summed E-state index contributed by atoms with van der Waals surface area (Å²) in [4.78, 5) is 0. The Labute approximate surface area is 82.4 Å². The van der Waals surface area contributed by atoms with Crippen LogP contribution >= 0.6 is 0 Å². The molecule has 1 aliphatic rings. The molecule has 0 aliphatic carbocycles. The number of halogens is 2. The Balaban J connectivity index is 2.23. The van der Waals surface area contributed by atoms with E-state index in [1.807, 2.05) is 6.92 Å². The number of ether oxygens (including phenoxy) is 1. The average molecular weight is 209 g/mol. The molecule has 0 radical (unpaired) electrons. The van der Waals surface area contributed by atoms with Crippen molar-refractivity contribution in [2.45, 2.75) is 37.8 Å². The Morgan fingerprint density at radius 2 is 2.29 bits per heavy atom. The smallest absolute Gasteiger partial charge is 0.282 e. The molecule has 84 valence electrons. The van der Waals surface area contributed by atoms with Gasteiger partial charge in [0.1, 0.15) is 6.61 Å². The third-order valence-electron chi connectivity index (χ3n) is 2.37. The van der Waals surface area contributed by atoms with E-state index in [9.17, 15) is 8.78 Å². The first-order valence-electron chi connectivity index (χ1n) is 4.87. The number of hydrogen-bond acceptors (Lipinski definition) is 3.